The smallest absolute Gasteiger partial charge is 0.337 e. The van der Waals surface area contributed by atoms with Gasteiger partial charge in [-0.2, -0.15) is 12.6 Å². The van der Waals surface area contributed by atoms with E-state index < -0.39 is 11.8 Å². The molecule has 0 saturated carbocycles. The van der Waals surface area contributed by atoms with E-state index in [9.17, 15) is 14.0 Å². The molecule has 4 nitrogen and oxygen atoms in total. The van der Waals surface area contributed by atoms with Crippen molar-refractivity contribution < 1.29 is 19.1 Å². The minimum absolute atomic E-state index is 0.0594. The van der Waals surface area contributed by atoms with Crippen LogP contribution in [0.1, 0.15) is 16.8 Å². The standard InChI is InChI=1S/C12H11BrFNO3S/c13-8-2-7(12(17)18)10(3-9(8)14)15-4-6(5-19)1-11(15)16/h2-3,6,19H,1,4-5H2,(H,17,18). The first-order chi connectivity index (χ1) is 8.93. The molecular weight excluding hydrogens is 337 g/mol. The normalized spacial score (nSPS) is 19.0. The molecule has 1 saturated heterocycles. The number of carboxylic acid groups (broad SMARTS) is 1. The number of benzene rings is 1. The zero-order chi connectivity index (χ0) is 14.2. The fourth-order valence-corrected chi connectivity index (χ4v) is 2.66. The fraction of sp³-hybridized carbons (Fsp3) is 0.333. The van der Waals surface area contributed by atoms with Crippen molar-refractivity contribution in [2.45, 2.75) is 6.42 Å². The summed E-state index contributed by atoms with van der Waals surface area (Å²) in [5.74, 6) is -1.41. The van der Waals surface area contributed by atoms with Crippen molar-refractivity contribution in [1.29, 1.82) is 0 Å². The summed E-state index contributed by atoms with van der Waals surface area (Å²) in [6.45, 7) is 0.365. The second kappa shape index (κ2) is 5.50. The number of thiol groups is 1. The zero-order valence-electron chi connectivity index (χ0n) is 9.77. The highest BCUT2D eigenvalue weighted by atomic mass is 79.9. The zero-order valence-corrected chi connectivity index (χ0v) is 12.2. The minimum atomic E-state index is -1.20. The third kappa shape index (κ3) is 2.76. The maximum Gasteiger partial charge on any atom is 0.337 e. The number of nitrogens with zero attached hydrogens (tertiary/aromatic N) is 1. The van der Waals surface area contributed by atoms with Crippen molar-refractivity contribution in [3.63, 3.8) is 0 Å². The Morgan fingerprint density at radius 3 is 2.79 bits per heavy atom. The highest BCUT2D eigenvalue weighted by molar-refractivity contribution is 9.10. The molecule has 1 aromatic rings. The number of amides is 1. The fourth-order valence-electron chi connectivity index (χ4n) is 2.07. The molecule has 0 radical (unpaired) electrons. The van der Waals surface area contributed by atoms with Crippen LogP contribution >= 0.6 is 28.6 Å². The summed E-state index contributed by atoms with van der Waals surface area (Å²) in [5.41, 5.74) is 0.00363. The molecule has 7 heteroatoms. The first kappa shape index (κ1) is 14.3. The van der Waals surface area contributed by atoms with E-state index in [1.165, 1.54) is 11.0 Å². The summed E-state index contributed by atoms with van der Waals surface area (Å²) >= 11 is 7.08. The van der Waals surface area contributed by atoms with Gasteiger partial charge in [-0.1, -0.05) is 0 Å². The lowest BCUT2D eigenvalue weighted by Gasteiger charge is -2.19. The second-order valence-corrected chi connectivity index (χ2v) is 5.57. The van der Waals surface area contributed by atoms with Crippen molar-refractivity contribution in [3.05, 3.63) is 28.0 Å². The number of hydrogen-bond acceptors (Lipinski definition) is 3. The molecule has 1 aromatic carbocycles. The number of aromatic carboxylic acids is 1. The molecule has 0 aliphatic carbocycles. The lowest BCUT2D eigenvalue weighted by Crippen LogP contribution is -2.27. The average molecular weight is 348 g/mol. The van der Waals surface area contributed by atoms with Crippen LogP contribution in [-0.4, -0.2) is 29.3 Å². The maximum absolute atomic E-state index is 13.6. The number of halogens is 2. The Labute approximate surface area is 123 Å². The maximum atomic E-state index is 13.6. The summed E-state index contributed by atoms with van der Waals surface area (Å²) < 4.78 is 13.7. The summed E-state index contributed by atoms with van der Waals surface area (Å²) in [6, 6.07) is 2.25. The Kier molecular flexibility index (Phi) is 4.15. The Balaban J connectivity index is 2.47. The Hall–Kier alpha value is -1.08. The van der Waals surface area contributed by atoms with Gasteiger partial charge in [0.25, 0.3) is 0 Å². The van der Waals surface area contributed by atoms with Gasteiger partial charge < -0.3 is 10.0 Å². The monoisotopic (exact) mass is 347 g/mol. The van der Waals surface area contributed by atoms with E-state index in [2.05, 4.69) is 28.6 Å². The Morgan fingerprint density at radius 1 is 1.58 bits per heavy atom. The molecule has 19 heavy (non-hydrogen) atoms. The minimum Gasteiger partial charge on any atom is -0.478 e. The molecule has 1 atom stereocenters. The van der Waals surface area contributed by atoms with E-state index in [1.807, 2.05) is 0 Å². The number of anilines is 1. The predicted octanol–water partition coefficient (Wildman–Crippen LogP) is 2.57. The van der Waals surface area contributed by atoms with Gasteiger partial charge in [-0.15, -0.1) is 0 Å². The number of carbonyl (C=O) groups excluding carboxylic acids is 1. The molecule has 1 heterocycles. The quantitative estimate of drug-likeness (QED) is 0.826. The molecule has 1 aliphatic rings. The molecule has 2 rings (SSSR count). The van der Waals surface area contributed by atoms with Crippen LogP contribution < -0.4 is 4.90 Å². The molecule has 1 unspecified atom stereocenters. The van der Waals surface area contributed by atoms with Gasteiger partial charge in [-0.05, 0) is 39.7 Å². The van der Waals surface area contributed by atoms with Crippen molar-refractivity contribution in [1.82, 2.24) is 0 Å². The van der Waals surface area contributed by atoms with Gasteiger partial charge >= 0.3 is 5.97 Å². The third-order valence-corrected chi connectivity index (χ3v) is 4.15. The molecule has 0 bridgehead atoms. The number of rotatable bonds is 3. The van der Waals surface area contributed by atoms with E-state index in [4.69, 9.17) is 5.11 Å². The van der Waals surface area contributed by atoms with Crippen LogP contribution in [0, 0.1) is 11.7 Å². The summed E-state index contributed by atoms with van der Waals surface area (Å²) in [5, 5.41) is 9.15. The van der Waals surface area contributed by atoms with Crippen LogP contribution in [0.4, 0.5) is 10.1 Å². The summed E-state index contributed by atoms with van der Waals surface area (Å²) in [6.07, 6.45) is 0.306. The Morgan fingerprint density at radius 2 is 2.26 bits per heavy atom. The highest BCUT2D eigenvalue weighted by Gasteiger charge is 2.32. The molecule has 1 fully saturated rings. The van der Waals surface area contributed by atoms with Crippen molar-refractivity contribution in [2.24, 2.45) is 5.92 Å². The molecule has 102 valence electrons. The van der Waals surface area contributed by atoms with Crippen molar-refractivity contribution in [2.75, 3.05) is 17.2 Å². The summed E-state index contributed by atoms with van der Waals surface area (Å²) in [7, 11) is 0. The lowest BCUT2D eigenvalue weighted by molar-refractivity contribution is -0.117. The van der Waals surface area contributed by atoms with Crippen molar-refractivity contribution >= 4 is 46.1 Å². The van der Waals surface area contributed by atoms with Crippen LogP contribution in [0.25, 0.3) is 0 Å². The molecule has 0 spiro atoms. The average Bonchev–Trinajstić information content (AvgIpc) is 2.73. The first-order valence-corrected chi connectivity index (χ1v) is 7.00. The Bertz CT molecular complexity index is 552. The van der Waals surface area contributed by atoms with Gasteiger partial charge in [0.2, 0.25) is 5.91 Å². The summed E-state index contributed by atoms with van der Waals surface area (Å²) in [4.78, 5) is 24.4. The lowest BCUT2D eigenvalue weighted by atomic mass is 10.1. The topological polar surface area (TPSA) is 57.6 Å². The van der Waals surface area contributed by atoms with Gasteiger partial charge in [-0.3, -0.25) is 4.79 Å². The van der Waals surface area contributed by atoms with Crippen LogP contribution in [0.3, 0.4) is 0 Å². The van der Waals surface area contributed by atoms with E-state index in [1.54, 1.807) is 0 Å². The number of carbonyl (C=O) groups is 2. The van der Waals surface area contributed by atoms with E-state index >= 15 is 0 Å². The SMILES string of the molecule is O=C(O)c1cc(Br)c(F)cc1N1CC(CS)CC1=O. The van der Waals surface area contributed by atoms with Gasteiger partial charge in [0.15, 0.2) is 0 Å². The molecular formula is C12H11BrFNO3S. The van der Waals surface area contributed by atoms with Crippen LogP contribution in [0.15, 0.2) is 16.6 Å². The van der Waals surface area contributed by atoms with Gasteiger partial charge in [0.05, 0.1) is 15.7 Å². The van der Waals surface area contributed by atoms with Gasteiger partial charge in [0, 0.05) is 13.0 Å². The molecule has 1 N–H and O–H groups in total. The van der Waals surface area contributed by atoms with Crippen molar-refractivity contribution in [3.8, 4) is 0 Å². The molecule has 0 aromatic heterocycles. The van der Waals surface area contributed by atoms with Crippen LogP contribution in [-0.2, 0) is 4.79 Å². The van der Waals surface area contributed by atoms with E-state index in [0.717, 1.165) is 6.07 Å². The molecule has 1 aliphatic heterocycles. The third-order valence-electron chi connectivity index (χ3n) is 3.02. The highest BCUT2D eigenvalue weighted by Crippen LogP contribution is 2.32. The second-order valence-electron chi connectivity index (χ2n) is 4.35. The number of carboxylic acids is 1. The number of hydrogen-bond donors (Lipinski definition) is 2. The van der Waals surface area contributed by atoms with Crippen LogP contribution in [0.2, 0.25) is 0 Å². The van der Waals surface area contributed by atoms with Gasteiger partial charge in [0.1, 0.15) is 5.82 Å². The molecule has 1 amide bonds. The van der Waals surface area contributed by atoms with E-state index in [-0.39, 0.29) is 27.5 Å². The van der Waals surface area contributed by atoms with Gasteiger partial charge in [-0.25, -0.2) is 9.18 Å². The first-order valence-electron chi connectivity index (χ1n) is 5.57. The predicted molar refractivity (Wildman–Crippen MR) is 75.4 cm³/mol. The van der Waals surface area contributed by atoms with E-state index in [0.29, 0.717) is 18.7 Å². The van der Waals surface area contributed by atoms with Crippen LogP contribution in [0.5, 0.6) is 0 Å². The largest absolute Gasteiger partial charge is 0.478 e.